The number of hydrogen-bond acceptors (Lipinski definition) is 4. The topological polar surface area (TPSA) is 33.4 Å². The number of imidazole rings is 1. The fraction of sp³-hybridized carbons (Fsp3) is 0.0732. The van der Waals surface area contributed by atoms with Crippen LogP contribution in [0.1, 0.15) is 17.3 Å². The molecule has 4 nitrogen and oxygen atoms in total. The van der Waals surface area contributed by atoms with Crippen LogP contribution in [0, 0.1) is 12.1 Å². The number of nitrogens with zero attached hydrogens (tertiary/aromatic N) is 4. The van der Waals surface area contributed by atoms with Crippen molar-refractivity contribution in [2.45, 2.75) is 19.3 Å². The molecule has 10 rings (SSSR count). The van der Waals surface area contributed by atoms with Gasteiger partial charge in [-0.05, 0) is 40.0 Å². The quantitative estimate of drug-likeness (QED) is 0.102. The maximum atomic E-state index is 16.7. The van der Waals surface area contributed by atoms with Crippen molar-refractivity contribution in [3.05, 3.63) is 145 Å². The summed E-state index contributed by atoms with van der Waals surface area (Å²) in [4.78, 5) is 11.8. The minimum absolute atomic E-state index is 0. The molecule has 49 heavy (non-hydrogen) atoms. The summed E-state index contributed by atoms with van der Waals surface area (Å²) in [6.07, 6.45) is 4.15. The predicted octanol–water partition coefficient (Wildman–Crippen LogP) is 9.67. The van der Waals surface area contributed by atoms with E-state index in [9.17, 15) is 0 Å². The van der Waals surface area contributed by atoms with E-state index in [4.69, 9.17) is 4.98 Å². The zero-order valence-corrected chi connectivity index (χ0v) is 29.9. The first-order valence-corrected chi connectivity index (χ1v) is 19.9. The Hall–Kier alpha value is -4.71. The van der Waals surface area contributed by atoms with Crippen molar-refractivity contribution in [2.75, 3.05) is 4.90 Å². The van der Waals surface area contributed by atoms with Crippen LogP contribution in [0.15, 0.2) is 122 Å². The Balaban J connectivity index is 0.00000325. The van der Waals surface area contributed by atoms with Crippen molar-refractivity contribution in [1.29, 1.82) is 0 Å². The summed E-state index contributed by atoms with van der Waals surface area (Å²) in [6.45, 7) is 4.80. The molecule has 0 radical (unpaired) electrons. The Morgan fingerprint density at radius 3 is 2.43 bits per heavy atom. The molecule has 0 spiro atoms. The molecular formula is C41H27FN4PdSSi. The Labute approximate surface area is 301 Å². The smallest absolute Gasteiger partial charge is 0.340 e. The maximum absolute atomic E-state index is 16.7. The molecule has 238 valence electrons. The second-order valence-corrected chi connectivity index (χ2v) is 18.4. The van der Waals surface area contributed by atoms with Gasteiger partial charge in [-0.15, -0.1) is 41.2 Å². The van der Waals surface area contributed by atoms with Gasteiger partial charge < -0.3 is 9.30 Å². The fourth-order valence-electron chi connectivity index (χ4n) is 7.58. The predicted molar refractivity (Wildman–Crippen MR) is 199 cm³/mol. The number of para-hydroxylation sites is 1. The summed E-state index contributed by atoms with van der Waals surface area (Å²) >= 11 is 1.81. The third-order valence-electron chi connectivity index (χ3n) is 9.96. The third-order valence-corrected chi connectivity index (χ3v) is 14.6. The number of hydrogen-bond donors (Lipinski definition) is 0. The van der Waals surface area contributed by atoms with E-state index >= 15 is 4.39 Å². The van der Waals surface area contributed by atoms with Gasteiger partial charge in [0, 0.05) is 50.0 Å². The van der Waals surface area contributed by atoms with Crippen LogP contribution in [-0.4, -0.2) is 22.4 Å². The molecule has 0 saturated carbocycles. The second kappa shape index (κ2) is 11.2. The van der Waals surface area contributed by atoms with E-state index in [1.807, 2.05) is 72.3 Å². The molecule has 1 unspecified atom stereocenters. The third kappa shape index (κ3) is 4.41. The molecule has 4 aromatic heterocycles. The average Bonchev–Trinajstić information content (AvgIpc) is 3.76. The van der Waals surface area contributed by atoms with E-state index in [0.29, 0.717) is 11.1 Å². The van der Waals surface area contributed by atoms with Gasteiger partial charge in [0.05, 0.1) is 5.65 Å². The molecule has 1 aliphatic heterocycles. The normalized spacial score (nSPS) is 14.3. The van der Waals surface area contributed by atoms with Crippen molar-refractivity contribution in [1.82, 2.24) is 14.4 Å². The van der Waals surface area contributed by atoms with Crippen LogP contribution < -0.4 is 15.3 Å². The summed E-state index contributed by atoms with van der Waals surface area (Å²) in [7, 11) is -2.14. The molecule has 1 aliphatic rings. The van der Waals surface area contributed by atoms with Crippen molar-refractivity contribution < 1.29 is 24.8 Å². The van der Waals surface area contributed by atoms with E-state index in [0.717, 1.165) is 44.5 Å². The molecular weight excluding hydrogens is 734 g/mol. The fourth-order valence-corrected chi connectivity index (χ4v) is 11.6. The van der Waals surface area contributed by atoms with E-state index < -0.39 is 14.2 Å². The summed E-state index contributed by atoms with van der Waals surface area (Å²) in [5.41, 5.74) is 4.60. The van der Waals surface area contributed by atoms with Gasteiger partial charge in [-0.25, -0.2) is 9.37 Å². The molecule has 0 aliphatic carbocycles. The molecule has 1 atom stereocenters. The Morgan fingerprint density at radius 2 is 1.53 bits per heavy atom. The van der Waals surface area contributed by atoms with Crippen LogP contribution in [0.4, 0.5) is 21.6 Å². The average molecular weight is 761 g/mol. The van der Waals surface area contributed by atoms with Crippen LogP contribution in [0.25, 0.3) is 47.5 Å². The maximum Gasteiger partial charge on any atom is 2.00 e. The minimum Gasteiger partial charge on any atom is -0.340 e. The molecule has 5 heterocycles. The number of rotatable bonds is 3. The van der Waals surface area contributed by atoms with Crippen LogP contribution in [0.3, 0.4) is 0 Å². The number of anilines is 3. The van der Waals surface area contributed by atoms with Gasteiger partial charge in [0.1, 0.15) is 20.1 Å². The summed E-state index contributed by atoms with van der Waals surface area (Å²) in [5, 5.41) is 8.06. The van der Waals surface area contributed by atoms with Gasteiger partial charge in [-0.2, -0.15) is 18.2 Å². The first kappa shape index (κ1) is 30.4. The minimum atomic E-state index is -2.14. The van der Waals surface area contributed by atoms with Crippen molar-refractivity contribution >= 4 is 94.5 Å². The van der Waals surface area contributed by atoms with Crippen molar-refractivity contribution in [3.63, 3.8) is 0 Å². The molecule has 5 aromatic carbocycles. The Kier molecular flexibility index (Phi) is 6.91. The Morgan fingerprint density at radius 1 is 0.714 bits per heavy atom. The van der Waals surface area contributed by atoms with Gasteiger partial charge in [0.15, 0.2) is 0 Å². The van der Waals surface area contributed by atoms with Crippen LogP contribution >= 0.6 is 11.3 Å². The van der Waals surface area contributed by atoms with E-state index in [2.05, 4.69) is 94.1 Å². The number of fused-ring (bicyclic) bond motifs is 11. The van der Waals surface area contributed by atoms with Gasteiger partial charge >= 0.3 is 20.4 Å². The van der Waals surface area contributed by atoms with Crippen LogP contribution in [0.5, 0.6) is 0 Å². The SMILES string of the molecule is C[Si]1(C)c2cc3c(cc2N(c2[c-]c(C(F)c4[c-]c5c(cc4)c4ccccc4n4ccnc54)ccc2)c2ncccc21)sc1ccccc13.[Pd+2]. The van der Waals surface area contributed by atoms with Crippen LogP contribution in [-0.2, 0) is 20.4 Å². The first-order valence-electron chi connectivity index (χ1n) is 16.0. The van der Waals surface area contributed by atoms with Gasteiger partial charge in [0.2, 0.25) is 0 Å². The monoisotopic (exact) mass is 760 g/mol. The number of pyridine rings is 2. The summed E-state index contributed by atoms with van der Waals surface area (Å²) < 4.78 is 21.3. The van der Waals surface area contributed by atoms with Gasteiger partial charge in [0.25, 0.3) is 0 Å². The zero-order chi connectivity index (χ0) is 32.1. The van der Waals surface area contributed by atoms with Gasteiger partial charge in [-0.1, -0.05) is 83.6 Å². The number of aromatic nitrogens is 3. The molecule has 0 fully saturated rings. The largest absolute Gasteiger partial charge is 2.00 e. The molecule has 0 amide bonds. The Bertz CT molecular complexity index is 2770. The molecule has 0 saturated heterocycles. The number of alkyl halides is 1. The van der Waals surface area contributed by atoms with Crippen molar-refractivity contribution in [2.24, 2.45) is 0 Å². The number of benzene rings is 5. The molecule has 9 aromatic rings. The zero-order valence-electron chi connectivity index (χ0n) is 26.5. The first-order chi connectivity index (χ1) is 23.5. The summed E-state index contributed by atoms with van der Waals surface area (Å²) in [6, 6.07) is 42.3. The van der Waals surface area contributed by atoms with E-state index in [-0.39, 0.29) is 20.4 Å². The summed E-state index contributed by atoms with van der Waals surface area (Å²) in [5.74, 6) is 0.900. The standard InChI is InChI=1S/C41H27FN4SSi.Pd/c1-48(2)37-15-8-18-43-41(37)46(34-24-36-31(23-38(34)48)30-12-4-6-14-35(30)47-36)27-10-7-9-25(21-27)39(42)26-16-17-28-29-11-3-5-13-33(29)45-20-19-44-40(45)32(28)22-26;/h3-20,23-24,39H,1-2H3;/q-2;+2. The molecule has 0 N–H and O–H groups in total. The molecule has 0 bridgehead atoms. The van der Waals surface area contributed by atoms with Gasteiger partial charge in [-0.3, -0.25) is 4.98 Å². The molecule has 8 heteroatoms. The number of halogens is 1. The second-order valence-electron chi connectivity index (χ2n) is 13.0. The van der Waals surface area contributed by atoms with E-state index in [1.54, 1.807) is 6.20 Å². The number of thiophene rings is 1. The van der Waals surface area contributed by atoms with Crippen LogP contribution in [0.2, 0.25) is 13.1 Å². The van der Waals surface area contributed by atoms with Crippen molar-refractivity contribution in [3.8, 4) is 0 Å². The van der Waals surface area contributed by atoms with E-state index in [1.165, 1.54) is 30.5 Å².